The monoisotopic (exact) mass is 452 g/mol. The van der Waals surface area contributed by atoms with Gasteiger partial charge in [0.2, 0.25) is 0 Å². The van der Waals surface area contributed by atoms with E-state index in [4.69, 9.17) is 9.47 Å². The molecule has 0 aromatic heterocycles. The topological polar surface area (TPSA) is 79.3 Å². The van der Waals surface area contributed by atoms with Crippen LogP contribution in [0.15, 0.2) is 54.1 Å². The van der Waals surface area contributed by atoms with Crippen LogP contribution in [0.4, 0.5) is 0 Å². The maximum Gasteiger partial charge on any atom is 0.295 e. The van der Waals surface area contributed by atoms with Crippen molar-refractivity contribution in [2.24, 2.45) is 0 Å². The Bertz CT molecular complexity index is 1030. The highest BCUT2D eigenvalue weighted by atomic mass is 16.5. The molecule has 176 valence electrons. The minimum atomic E-state index is -0.717. The Labute approximate surface area is 195 Å². The third kappa shape index (κ3) is 5.54. The van der Waals surface area contributed by atoms with Crippen molar-refractivity contribution < 1.29 is 24.2 Å². The Morgan fingerprint density at radius 1 is 1.03 bits per heavy atom. The van der Waals surface area contributed by atoms with Crippen LogP contribution in [0, 0.1) is 0 Å². The van der Waals surface area contributed by atoms with E-state index in [1.807, 2.05) is 57.1 Å². The van der Waals surface area contributed by atoms with Gasteiger partial charge in [-0.05, 0) is 57.3 Å². The fourth-order valence-corrected chi connectivity index (χ4v) is 3.81. The Morgan fingerprint density at radius 2 is 1.73 bits per heavy atom. The standard InChI is InChI=1S/C26H32N2O5/c1-5-15-33-21-12-7-9-18(16-21)23-22(25(30)26(31)28(23)14-13-27(3)4)24(29)19-10-8-11-20(17-19)32-6-2/h7-12,16-17,23,29H,5-6,13-15H2,1-4H3/b24-22+. The summed E-state index contributed by atoms with van der Waals surface area (Å²) in [6, 6.07) is 13.5. The first-order valence-corrected chi connectivity index (χ1v) is 11.3. The van der Waals surface area contributed by atoms with Crippen LogP contribution >= 0.6 is 0 Å². The number of hydrogen-bond acceptors (Lipinski definition) is 6. The summed E-state index contributed by atoms with van der Waals surface area (Å²) in [6.45, 7) is 5.86. The van der Waals surface area contributed by atoms with Gasteiger partial charge in [-0.1, -0.05) is 31.2 Å². The molecule has 7 nitrogen and oxygen atoms in total. The lowest BCUT2D eigenvalue weighted by atomic mass is 9.95. The number of Topliss-reactive ketones (excluding diaryl/α,β-unsaturated/α-hetero) is 1. The fraction of sp³-hybridized carbons (Fsp3) is 0.385. The second-order valence-corrected chi connectivity index (χ2v) is 8.18. The van der Waals surface area contributed by atoms with Crippen LogP contribution in [0.3, 0.4) is 0 Å². The first kappa shape index (κ1) is 24.3. The van der Waals surface area contributed by atoms with Gasteiger partial charge in [0.05, 0.1) is 24.8 Å². The highest BCUT2D eigenvalue weighted by Gasteiger charge is 2.46. The van der Waals surface area contributed by atoms with E-state index in [0.717, 1.165) is 6.42 Å². The molecule has 33 heavy (non-hydrogen) atoms. The van der Waals surface area contributed by atoms with E-state index >= 15 is 0 Å². The summed E-state index contributed by atoms with van der Waals surface area (Å²) >= 11 is 0. The summed E-state index contributed by atoms with van der Waals surface area (Å²) < 4.78 is 11.3. The van der Waals surface area contributed by atoms with Crippen LogP contribution in [0.25, 0.3) is 5.76 Å². The maximum atomic E-state index is 13.1. The molecular formula is C26H32N2O5. The zero-order valence-electron chi connectivity index (χ0n) is 19.7. The van der Waals surface area contributed by atoms with Crippen molar-refractivity contribution >= 4 is 17.4 Å². The Morgan fingerprint density at radius 3 is 2.39 bits per heavy atom. The average molecular weight is 453 g/mol. The largest absolute Gasteiger partial charge is 0.507 e. The summed E-state index contributed by atoms with van der Waals surface area (Å²) in [5.74, 6) is -0.296. The predicted octanol–water partition coefficient (Wildman–Crippen LogP) is 3.86. The number of likely N-dealkylation sites (N-methyl/N-ethyl adjacent to an activating group) is 1. The molecule has 1 fully saturated rings. The molecule has 1 aliphatic heterocycles. The van der Waals surface area contributed by atoms with E-state index in [0.29, 0.717) is 48.9 Å². The fourth-order valence-electron chi connectivity index (χ4n) is 3.81. The third-order valence-corrected chi connectivity index (χ3v) is 5.39. The zero-order valence-corrected chi connectivity index (χ0v) is 19.7. The number of benzene rings is 2. The molecule has 1 N–H and O–H groups in total. The van der Waals surface area contributed by atoms with Crippen LogP contribution in [0.2, 0.25) is 0 Å². The van der Waals surface area contributed by atoms with E-state index in [1.165, 1.54) is 4.90 Å². The number of carbonyl (C=O) groups is 2. The van der Waals surface area contributed by atoms with Crippen molar-refractivity contribution in [3.63, 3.8) is 0 Å². The number of ketones is 1. The molecule has 0 spiro atoms. The number of aliphatic hydroxyl groups is 1. The Kier molecular flexibility index (Phi) is 8.11. The summed E-state index contributed by atoms with van der Waals surface area (Å²) in [6.07, 6.45) is 0.863. The average Bonchev–Trinajstić information content (AvgIpc) is 3.06. The number of nitrogens with zero attached hydrogens (tertiary/aromatic N) is 2. The highest BCUT2D eigenvalue weighted by Crippen LogP contribution is 2.40. The number of ether oxygens (including phenoxy) is 2. The molecule has 3 rings (SSSR count). The molecule has 1 unspecified atom stereocenters. The third-order valence-electron chi connectivity index (χ3n) is 5.39. The van der Waals surface area contributed by atoms with Gasteiger partial charge in [0.25, 0.3) is 11.7 Å². The second-order valence-electron chi connectivity index (χ2n) is 8.18. The molecule has 0 radical (unpaired) electrons. The molecule has 0 aliphatic carbocycles. The lowest BCUT2D eigenvalue weighted by Gasteiger charge is -2.27. The first-order valence-electron chi connectivity index (χ1n) is 11.3. The normalized spacial score (nSPS) is 17.6. The minimum Gasteiger partial charge on any atom is -0.507 e. The number of likely N-dealkylation sites (tertiary alicyclic amines) is 1. The Hall–Kier alpha value is -3.32. The molecule has 0 saturated carbocycles. The summed E-state index contributed by atoms with van der Waals surface area (Å²) in [7, 11) is 3.81. The van der Waals surface area contributed by atoms with Crippen molar-refractivity contribution in [2.45, 2.75) is 26.3 Å². The lowest BCUT2D eigenvalue weighted by Crippen LogP contribution is -2.35. The molecule has 7 heteroatoms. The molecule has 2 aromatic carbocycles. The van der Waals surface area contributed by atoms with E-state index in [1.54, 1.807) is 24.3 Å². The van der Waals surface area contributed by atoms with E-state index in [-0.39, 0.29) is 11.3 Å². The molecule has 1 atom stereocenters. The van der Waals surface area contributed by atoms with Crippen molar-refractivity contribution in [3.05, 3.63) is 65.2 Å². The number of carbonyl (C=O) groups excluding carboxylic acids is 2. The highest BCUT2D eigenvalue weighted by molar-refractivity contribution is 6.46. The van der Waals surface area contributed by atoms with Crippen LogP contribution < -0.4 is 9.47 Å². The van der Waals surface area contributed by atoms with Crippen LogP contribution in [0.1, 0.15) is 37.4 Å². The molecule has 1 heterocycles. The maximum absolute atomic E-state index is 13.1. The zero-order chi connectivity index (χ0) is 24.0. The number of amides is 1. The minimum absolute atomic E-state index is 0.0695. The molecule has 1 aliphatic rings. The van der Waals surface area contributed by atoms with Crippen molar-refractivity contribution in [1.29, 1.82) is 0 Å². The molecular weight excluding hydrogens is 420 g/mol. The van der Waals surface area contributed by atoms with Gasteiger partial charge in [-0.15, -0.1) is 0 Å². The summed E-state index contributed by atoms with van der Waals surface area (Å²) in [5, 5.41) is 11.2. The van der Waals surface area contributed by atoms with Crippen LogP contribution in [-0.4, -0.2) is 67.0 Å². The van der Waals surface area contributed by atoms with E-state index < -0.39 is 17.7 Å². The van der Waals surface area contributed by atoms with Gasteiger partial charge in [0, 0.05) is 18.7 Å². The van der Waals surface area contributed by atoms with Gasteiger partial charge in [0.15, 0.2) is 0 Å². The first-order chi connectivity index (χ1) is 15.9. The molecule has 2 aromatic rings. The smallest absolute Gasteiger partial charge is 0.295 e. The van der Waals surface area contributed by atoms with Crippen molar-refractivity contribution in [3.8, 4) is 11.5 Å². The van der Waals surface area contributed by atoms with Gasteiger partial charge in [0.1, 0.15) is 17.3 Å². The lowest BCUT2D eigenvalue weighted by molar-refractivity contribution is -0.140. The number of hydrogen-bond donors (Lipinski definition) is 1. The van der Waals surface area contributed by atoms with Crippen molar-refractivity contribution in [2.75, 3.05) is 40.4 Å². The summed E-state index contributed by atoms with van der Waals surface area (Å²) in [5.41, 5.74) is 1.21. The van der Waals surface area contributed by atoms with E-state index in [2.05, 4.69) is 0 Å². The van der Waals surface area contributed by atoms with Gasteiger partial charge >= 0.3 is 0 Å². The van der Waals surface area contributed by atoms with Gasteiger partial charge in [-0.25, -0.2) is 0 Å². The van der Waals surface area contributed by atoms with Crippen LogP contribution in [-0.2, 0) is 9.59 Å². The molecule has 0 bridgehead atoms. The second kappa shape index (κ2) is 11.0. The SMILES string of the molecule is CCCOc1cccc(C2/C(=C(\O)c3cccc(OCC)c3)C(=O)C(=O)N2CCN(C)C)c1. The van der Waals surface area contributed by atoms with Crippen molar-refractivity contribution in [1.82, 2.24) is 9.80 Å². The van der Waals surface area contributed by atoms with Gasteiger partial charge in [-0.2, -0.15) is 0 Å². The number of aliphatic hydroxyl groups excluding tert-OH is 1. The van der Waals surface area contributed by atoms with Gasteiger partial charge in [-0.3, -0.25) is 9.59 Å². The number of rotatable bonds is 10. The van der Waals surface area contributed by atoms with Gasteiger partial charge < -0.3 is 24.4 Å². The quantitative estimate of drug-likeness (QED) is 0.335. The summed E-state index contributed by atoms with van der Waals surface area (Å²) in [4.78, 5) is 29.6. The van der Waals surface area contributed by atoms with Crippen LogP contribution in [0.5, 0.6) is 11.5 Å². The molecule has 1 saturated heterocycles. The Balaban J connectivity index is 2.12. The molecule has 1 amide bonds. The predicted molar refractivity (Wildman–Crippen MR) is 127 cm³/mol. The van der Waals surface area contributed by atoms with E-state index in [9.17, 15) is 14.7 Å².